The number of hydrogen-bond acceptors (Lipinski definition) is 3. The fourth-order valence-corrected chi connectivity index (χ4v) is 3.44. The number of benzene rings is 1. The first-order chi connectivity index (χ1) is 8.50. The van der Waals surface area contributed by atoms with Crippen molar-refractivity contribution in [2.75, 3.05) is 18.0 Å². The van der Waals surface area contributed by atoms with E-state index in [0.29, 0.717) is 22.8 Å². The number of rotatable bonds is 3. The largest absolute Gasteiger partial charge is 0.398 e. The van der Waals surface area contributed by atoms with Crippen molar-refractivity contribution in [1.82, 2.24) is 5.32 Å². The lowest BCUT2D eigenvalue weighted by atomic mass is 10.1. The fraction of sp³-hybridized carbons (Fsp3) is 0.462. The van der Waals surface area contributed by atoms with Gasteiger partial charge in [-0.25, -0.2) is 0 Å². The molecule has 5 heteroatoms. The summed E-state index contributed by atoms with van der Waals surface area (Å²) in [5.74, 6) is 1.09. The Bertz CT molecular complexity index is 458. The highest BCUT2D eigenvalue weighted by atomic mass is 35.5. The van der Waals surface area contributed by atoms with E-state index < -0.39 is 0 Å². The number of anilines is 1. The number of nitrogens with two attached hydrogens (primary N) is 1. The van der Waals surface area contributed by atoms with E-state index in [9.17, 15) is 4.79 Å². The van der Waals surface area contributed by atoms with Crippen molar-refractivity contribution >= 4 is 35.0 Å². The molecule has 1 fully saturated rings. The lowest BCUT2D eigenvalue weighted by molar-refractivity contribution is 0.0950. The van der Waals surface area contributed by atoms with Crippen LogP contribution in [-0.2, 0) is 0 Å². The van der Waals surface area contributed by atoms with Crippen LogP contribution in [0.5, 0.6) is 0 Å². The number of amides is 1. The average molecular weight is 285 g/mol. The van der Waals surface area contributed by atoms with Gasteiger partial charge >= 0.3 is 0 Å². The molecule has 98 valence electrons. The minimum absolute atomic E-state index is 0.0920. The SMILES string of the molecule is CC1(CNC(=O)c2ccc(N)c(Cl)c2)CCCS1. The second-order valence-corrected chi connectivity index (χ2v) is 6.91. The Morgan fingerprint density at radius 2 is 2.39 bits per heavy atom. The van der Waals surface area contributed by atoms with E-state index in [-0.39, 0.29) is 10.7 Å². The number of thioether (sulfide) groups is 1. The highest BCUT2D eigenvalue weighted by molar-refractivity contribution is 8.00. The first-order valence-electron chi connectivity index (χ1n) is 5.97. The molecule has 3 nitrogen and oxygen atoms in total. The Balaban J connectivity index is 1.97. The van der Waals surface area contributed by atoms with Crippen molar-refractivity contribution in [3.63, 3.8) is 0 Å². The molecule has 1 aliphatic rings. The molecule has 1 aliphatic heterocycles. The van der Waals surface area contributed by atoms with E-state index in [1.54, 1.807) is 18.2 Å². The summed E-state index contributed by atoms with van der Waals surface area (Å²) in [4.78, 5) is 12.0. The average Bonchev–Trinajstić information content (AvgIpc) is 2.77. The van der Waals surface area contributed by atoms with Crippen LogP contribution in [0.2, 0.25) is 5.02 Å². The van der Waals surface area contributed by atoms with E-state index in [4.69, 9.17) is 17.3 Å². The van der Waals surface area contributed by atoms with Gasteiger partial charge in [0.25, 0.3) is 5.91 Å². The van der Waals surface area contributed by atoms with Crippen LogP contribution in [0, 0.1) is 0 Å². The van der Waals surface area contributed by atoms with Gasteiger partial charge in [0.15, 0.2) is 0 Å². The number of carbonyl (C=O) groups excluding carboxylic acids is 1. The molecule has 1 saturated heterocycles. The molecule has 0 aliphatic carbocycles. The minimum Gasteiger partial charge on any atom is -0.398 e. The summed E-state index contributed by atoms with van der Waals surface area (Å²) >= 11 is 7.83. The molecule has 0 spiro atoms. The van der Waals surface area contributed by atoms with Crippen LogP contribution in [0.3, 0.4) is 0 Å². The van der Waals surface area contributed by atoms with Gasteiger partial charge in [0.1, 0.15) is 0 Å². The van der Waals surface area contributed by atoms with E-state index in [2.05, 4.69) is 12.2 Å². The van der Waals surface area contributed by atoms with Gasteiger partial charge < -0.3 is 11.1 Å². The van der Waals surface area contributed by atoms with Gasteiger partial charge in [0, 0.05) is 16.9 Å². The minimum atomic E-state index is -0.0920. The zero-order chi connectivity index (χ0) is 13.2. The van der Waals surface area contributed by atoms with Crippen LogP contribution in [-0.4, -0.2) is 23.0 Å². The molecular formula is C13H17ClN2OS. The summed E-state index contributed by atoms with van der Waals surface area (Å²) in [6.07, 6.45) is 2.38. The molecule has 2 rings (SSSR count). The van der Waals surface area contributed by atoms with E-state index >= 15 is 0 Å². The molecule has 0 saturated carbocycles. The summed E-state index contributed by atoms with van der Waals surface area (Å²) in [5, 5.41) is 3.39. The smallest absolute Gasteiger partial charge is 0.251 e. The summed E-state index contributed by atoms with van der Waals surface area (Å²) in [7, 11) is 0. The lowest BCUT2D eigenvalue weighted by Gasteiger charge is -2.22. The van der Waals surface area contributed by atoms with Crippen molar-refractivity contribution in [2.45, 2.75) is 24.5 Å². The van der Waals surface area contributed by atoms with Gasteiger partial charge in [0.2, 0.25) is 0 Å². The number of nitrogen functional groups attached to an aromatic ring is 1. The quantitative estimate of drug-likeness (QED) is 0.839. The van der Waals surface area contributed by atoms with Crippen LogP contribution < -0.4 is 11.1 Å². The van der Waals surface area contributed by atoms with E-state index in [1.165, 1.54) is 12.2 Å². The first kappa shape index (κ1) is 13.6. The molecule has 0 radical (unpaired) electrons. The maximum Gasteiger partial charge on any atom is 0.251 e. The molecule has 1 atom stereocenters. The number of nitrogens with one attached hydrogen (secondary N) is 1. The molecule has 3 N–H and O–H groups in total. The molecule has 0 aromatic heterocycles. The predicted molar refractivity (Wildman–Crippen MR) is 78.3 cm³/mol. The molecule has 0 bridgehead atoms. The molecule has 1 heterocycles. The fourth-order valence-electron chi connectivity index (χ4n) is 2.01. The summed E-state index contributed by atoms with van der Waals surface area (Å²) in [6.45, 7) is 2.89. The third kappa shape index (κ3) is 3.12. The zero-order valence-electron chi connectivity index (χ0n) is 10.3. The Morgan fingerprint density at radius 1 is 1.61 bits per heavy atom. The van der Waals surface area contributed by atoms with Gasteiger partial charge in [-0.2, -0.15) is 11.8 Å². The van der Waals surface area contributed by atoms with Gasteiger partial charge in [-0.3, -0.25) is 4.79 Å². The molecular weight excluding hydrogens is 268 g/mol. The summed E-state index contributed by atoms with van der Waals surface area (Å²) in [5.41, 5.74) is 6.66. The Hall–Kier alpha value is -0.870. The number of carbonyl (C=O) groups is 1. The Morgan fingerprint density at radius 3 is 3.00 bits per heavy atom. The topological polar surface area (TPSA) is 55.1 Å². The van der Waals surface area contributed by atoms with Crippen LogP contribution in [0.25, 0.3) is 0 Å². The van der Waals surface area contributed by atoms with Crippen molar-refractivity contribution in [3.05, 3.63) is 28.8 Å². The molecule has 18 heavy (non-hydrogen) atoms. The maximum atomic E-state index is 12.0. The molecule has 1 unspecified atom stereocenters. The van der Waals surface area contributed by atoms with Gasteiger partial charge in [0.05, 0.1) is 10.7 Å². The van der Waals surface area contributed by atoms with Crippen molar-refractivity contribution in [2.24, 2.45) is 0 Å². The summed E-state index contributed by atoms with van der Waals surface area (Å²) in [6, 6.07) is 4.96. The van der Waals surface area contributed by atoms with E-state index in [1.807, 2.05) is 11.8 Å². The third-order valence-corrected chi connectivity index (χ3v) is 5.05. The highest BCUT2D eigenvalue weighted by Crippen LogP contribution is 2.37. The molecule has 1 aromatic carbocycles. The van der Waals surface area contributed by atoms with Crippen molar-refractivity contribution in [3.8, 4) is 0 Å². The predicted octanol–water partition coefficient (Wildman–Crippen LogP) is 2.94. The standard InChI is InChI=1S/C13H17ClN2OS/c1-13(5-2-6-18-13)8-16-12(17)9-3-4-11(15)10(14)7-9/h3-4,7H,2,5-6,8,15H2,1H3,(H,16,17). The van der Waals surface area contributed by atoms with Gasteiger partial charge in [-0.05, 0) is 43.7 Å². The van der Waals surface area contributed by atoms with Crippen LogP contribution in [0.15, 0.2) is 18.2 Å². The second-order valence-electron chi connectivity index (χ2n) is 4.82. The molecule has 1 amide bonds. The monoisotopic (exact) mass is 284 g/mol. The summed E-state index contributed by atoms with van der Waals surface area (Å²) < 4.78 is 0.174. The zero-order valence-corrected chi connectivity index (χ0v) is 11.9. The van der Waals surface area contributed by atoms with Crippen molar-refractivity contribution in [1.29, 1.82) is 0 Å². The van der Waals surface area contributed by atoms with Gasteiger partial charge in [-0.15, -0.1) is 0 Å². The lowest BCUT2D eigenvalue weighted by Crippen LogP contribution is -2.36. The Kier molecular flexibility index (Phi) is 4.07. The maximum absolute atomic E-state index is 12.0. The highest BCUT2D eigenvalue weighted by Gasteiger charge is 2.29. The normalized spacial score (nSPS) is 23.0. The van der Waals surface area contributed by atoms with Gasteiger partial charge in [-0.1, -0.05) is 11.6 Å². The van der Waals surface area contributed by atoms with E-state index in [0.717, 1.165) is 6.42 Å². The number of hydrogen-bond donors (Lipinski definition) is 2. The third-order valence-electron chi connectivity index (χ3n) is 3.19. The number of halogens is 1. The first-order valence-corrected chi connectivity index (χ1v) is 7.34. The van der Waals surface area contributed by atoms with Crippen LogP contribution in [0.1, 0.15) is 30.1 Å². The van der Waals surface area contributed by atoms with Crippen molar-refractivity contribution < 1.29 is 4.79 Å². The van der Waals surface area contributed by atoms with Crippen LogP contribution >= 0.6 is 23.4 Å². The second kappa shape index (κ2) is 5.41. The van der Waals surface area contributed by atoms with Crippen LogP contribution in [0.4, 0.5) is 5.69 Å². The molecule has 1 aromatic rings. The Labute approximate surface area is 116 Å².